The summed E-state index contributed by atoms with van der Waals surface area (Å²) >= 11 is 5.84. The molecule has 1 unspecified atom stereocenters. The van der Waals surface area contributed by atoms with Crippen LogP contribution in [0, 0.1) is 0 Å². The summed E-state index contributed by atoms with van der Waals surface area (Å²) in [6.07, 6.45) is -4.02. The van der Waals surface area contributed by atoms with E-state index in [2.05, 4.69) is 5.32 Å². The number of esters is 1. The third-order valence-electron chi connectivity index (χ3n) is 6.72. The van der Waals surface area contributed by atoms with Crippen molar-refractivity contribution < 1.29 is 37.0 Å². The van der Waals surface area contributed by atoms with E-state index in [9.17, 15) is 22.8 Å². The van der Waals surface area contributed by atoms with Gasteiger partial charge in [-0.3, -0.25) is 4.79 Å². The molecule has 0 aromatic heterocycles. The lowest BCUT2D eigenvalue weighted by Gasteiger charge is -2.25. The van der Waals surface area contributed by atoms with Crippen molar-refractivity contribution in [1.29, 1.82) is 0 Å². The molecule has 0 saturated heterocycles. The largest absolute Gasteiger partial charge is 0.486 e. The molecule has 1 atom stereocenters. The number of ketones is 1. The Morgan fingerprint density at radius 1 is 0.792 bits per heavy atom. The first-order valence-corrected chi connectivity index (χ1v) is 15.4. The highest BCUT2D eigenvalue weighted by molar-refractivity contribution is 6.30. The Kier molecular flexibility index (Phi) is 15.5. The molecule has 4 aromatic rings. The molecule has 6 nitrogen and oxygen atoms in total. The third kappa shape index (κ3) is 12.5. The molecule has 0 aliphatic carbocycles. The fraction of sp³-hybridized carbons (Fsp3) is 0.297. The molecule has 4 rings (SSSR count). The third-order valence-corrected chi connectivity index (χ3v) is 6.97. The van der Waals surface area contributed by atoms with E-state index in [0.29, 0.717) is 27.6 Å². The molecule has 258 valence electrons. The molecule has 1 N–H and O–H groups in total. The number of benzene rings is 4. The van der Waals surface area contributed by atoms with E-state index in [1.807, 2.05) is 37.4 Å². The summed E-state index contributed by atoms with van der Waals surface area (Å²) in [6.45, 7) is 7.60. The number of halogens is 5. The quantitative estimate of drug-likeness (QED) is 0.117. The van der Waals surface area contributed by atoms with Crippen LogP contribution in [0.2, 0.25) is 5.02 Å². The average molecular weight is 707 g/mol. The van der Waals surface area contributed by atoms with Gasteiger partial charge in [-0.1, -0.05) is 41.9 Å². The number of hydrogen-bond acceptors (Lipinski definition) is 6. The lowest BCUT2D eigenvalue weighted by Crippen LogP contribution is -2.40. The minimum atomic E-state index is -4.33. The Balaban J connectivity index is 0.000000329. The number of carbonyl (C=O) groups excluding carboxylic acids is 2. The van der Waals surface area contributed by atoms with Gasteiger partial charge in [0.05, 0.1) is 11.7 Å². The van der Waals surface area contributed by atoms with E-state index in [0.717, 1.165) is 30.7 Å². The molecular weight excluding hydrogens is 666 g/mol. The monoisotopic (exact) mass is 705 g/mol. The van der Waals surface area contributed by atoms with Crippen molar-refractivity contribution in [3.63, 3.8) is 0 Å². The van der Waals surface area contributed by atoms with Gasteiger partial charge in [0.2, 0.25) is 0 Å². The van der Waals surface area contributed by atoms with Crippen LogP contribution in [-0.2, 0) is 15.7 Å². The van der Waals surface area contributed by atoms with Gasteiger partial charge in [0, 0.05) is 22.6 Å². The normalized spacial score (nSPS) is 11.8. The first kappa shape index (κ1) is 40.1. The summed E-state index contributed by atoms with van der Waals surface area (Å²) in [7, 11) is 1.85. The molecule has 48 heavy (non-hydrogen) atoms. The van der Waals surface area contributed by atoms with Crippen LogP contribution < -0.4 is 14.8 Å². The van der Waals surface area contributed by atoms with Gasteiger partial charge in [-0.2, -0.15) is 13.2 Å². The van der Waals surface area contributed by atoms with Gasteiger partial charge in [0.15, 0.2) is 11.4 Å². The lowest BCUT2D eigenvalue weighted by molar-refractivity contribution is -0.163. The molecule has 0 fully saturated rings. The van der Waals surface area contributed by atoms with Gasteiger partial charge in [0.25, 0.3) is 0 Å². The minimum absolute atomic E-state index is 0. The summed E-state index contributed by atoms with van der Waals surface area (Å²) in [5.74, 6) is 0.363. The predicted octanol–water partition coefficient (Wildman–Crippen LogP) is 9.54. The van der Waals surface area contributed by atoms with E-state index < -0.39 is 23.3 Å². The summed E-state index contributed by atoms with van der Waals surface area (Å²) in [6, 6.07) is 27.8. The minimum Gasteiger partial charge on any atom is -0.486 e. The molecule has 0 aliphatic rings. The second kappa shape index (κ2) is 18.5. The van der Waals surface area contributed by atoms with Crippen LogP contribution in [0.25, 0.3) is 0 Å². The molecule has 0 amide bonds. The zero-order valence-electron chi connectivity index (χ0n) is 27.3. The first-order chi connectivity index (χ1) is 22.2. The number of nitrogens with one attached hydrogen (secondary N) is 1. The Hall–Kier alpha value is -4.05. The Labute approximate surface area is 291 Å². The first-order valence-electron chi connectivity index (χ1n) is 15.0. The van der Waals surface area contributed by atoms with Gasteiger partial charge in [-0.25, -0.2) is 4.79 Å². The maximum Gasteiger partial charge on any atom is 0.416 e. The van der Waals surface area contributed by atoms with Crippen molar-refractivity contribution in [2.24, 2.45) is 0 Å². The number of hydrogen-bond donors (Lipinski definition) is 1. The zero-order chi connectivity index (χ0) is 34.6. The average Bonchev–Trinajstić information content (AvgIpc) is 3.03. The van der Waals surface area contributed by atoms with Crippen LogP contribution >= 0.6 is 24.0 Å². The molecule has 11 heteroatoms. The van der Waals surface area contributed by atoms with Crippen LogP contribution in [0.1, 0.15) is 67.3 Å². The van der Waals surface area contributed by atoms with Crippen LogP contribution in [0.3, 0.4) is 0 Å². The van der Waals surface area contributed by atoms with Crippen LogP contribution in [-0.4, -0.2) is 37.0 Å². The standard InChI is InChI=1S/C20H21ClO4.C17H18F3NO.ClH/c1-13(2)24-19(23)20(3,4)25-17-11-7-15(8-12-17)18(22)14-5-9-16(21)10-6-14;1-21-12-11-16(13-5-3-2-4-6-13)22-15-9-7-14(8-10-15)17(18,19)20;/h5-13H,1-4H3;2-10,16,21H,11-12H2,1H3;1H. The van der Waals surface area contributed by atoms with Gasteiger partial charge in [-0.05, 0) is 120 Å². The Morgan fingerprint density at radius 2 is 1.31 bits per heavy atom. The van der Waals surface area contributed by atoms with Crippen molar-refractivity contribution in [3.8, 4) is 11.5 Å². The molecule has 0 spiro atoms. The number of alkyl halides is 3. The predicted molar refractivity (Wildman–Crippen MR) is 184 cm³/mol. The molecule has 0 radical (unpaired) electrons. The molecule has 0 heterocycles. The molecule has 0 saturated carbocycles. The van der Waals surface area contributed by atoms with E-state index in [1.165, 1.54) is 12.1 Å². The fourth-order valence-electron chi connectivity index (χ4n) is 4.26. The Bertz CT molecular complexity index is 1560. The van der Waals surface area contributed by atoms with E-state index in [-0.39, 0.29) is 30.4 Å². The number of ether oxygens (including phenoxy) is 3. The van der Waals surface area contributed by atoms with E-state index in [1.54, 1.807) is 76.2 Å². The number of rotatable bonds is 12. The molecule has 4 aromatic carbocycles. The summed E-state index contributed by atoms with van der Waals surface area (Å²) in [5.41, 5.74) is 0.284. The molecule has 0 bridgehead atoms. The topological polar surface area (TPSA) is 73.9 Å². The van der Waals surface area contributed by atoms with Crippen LogP contribution in [0.5, 0.6) is 11.5 Å². The van der Waals surface area contributed by atoms with Gasteiger partial charge in [0.1, 0.15) is 17.6 Å². The highest BCUT2D eigenvalue weighted by atomic mass is 35.5. The molecule has 0 aliphatic heterocycles. The van der Waals surface area contributed by atoms with Crippen molar-refractivity contribution in [2.75, 3.05) is 13.6 Å². The highest BCUT2D eigenvalue weighted by Gasteiger charge is 2.33. The summed E-state index contributed by atoms with van der Waals surface area (Å²) < 4.78 is 54.5. The highest BCUT2D eigenvalue weighted by Crippen LogP contribution is 2.32. The number of carbonyl (C=O) groups is 2. The van der Waals surface area contributed by atoms with Gasteiger partial charge >= 0.3 is 12.1 Å². The summed E-state index contributed by atoms with van der Waals surface area (Å²) in [4.78, 5) is 24.5. The lowest BCUT2D eigenvalue weighted by atomic mass is 10.0. The van der Waals surface area contributed by atoms with Crippen LogP contribution in [0.4, 0.5) is 13.2 Å². The van der Waals surface area contributed by atoms with Crippen molar-refractivity contribution in [1.82, 2.24) is 5.32 Å². The van der Waals surface area contributed by atoms with Crippen molar-refractivity contribution in [2.45, 2.75) is 58.1 Å². The van der Waals surface area contributed by atoms with E-state index >= 15 is 0 Å². The smallest absolute Gasteiger partial charge is 0.416 e. The van der Waals surface area contributed by atoms with Gasteiger partial charge in [-0.15, -0.1) is 12.4 Å². The fourth-order valence-corrected chi connectivity index (χ4v) is 4.38. The Morgan fingerprint density at radius 3 is 1.81 bits per heavy atom. The summed E-state index contributed by atoms with van der Waals surface area (Å²) in [5, 5.41) is 3.63. The SMILES string of the molecule is CC(C)OC(=O)C(C)(C)Oc1ccc(C(=O)c2ccc(Cl)cc2)cc1.CNCCC(Oc1ccc(C(F)(F)F)cc1)c1ccccc1.Cl. The maximum atomic E-state index is 12.6. The molecular formula is C37H40Cl2F3NO5. The maximum absolute atomic E-state index is 12.6. The van der Waals surface area contributed by atoms with Crippen LogP contribution in [0.15, 0.2) is 103 Å². The zero-order valence-corrected chi connectivity index (χ0v) is 28.9. The van der Waals surface area contributed by atoms with E-state index in [4.69, 9.17) is 25.8 Å². The van der Waals surface area contributed by atoms with Gasteiger partial charge < -0.3 is 19.5 Å². The second-order valence-electron chi connectivity index (χ2n) is 11.4. The van der Waals surface area contributed by atoms with Crippen molar-refractivity contribution >= 4 is 35.8 Å². The second-order valence-corrected chi connectivity index (χ2v) is 11.8. The van der Waals surface area contributed by atoms with Crippen molar-refractivity contribution in [3.05, 3.63) is 130 Å².